The van der Waals surface area contributed by atoms with E-state index in [-0.39, 0.29) is 5.91 Å². The van der Waals surface area contributed by atoms with Crippen LogP contribution in [0.1, 0.15) is 28.9 Å². The Bertz CT molecular complexity index is 892. The average molecular weight is 337 g/mol. The van der Waals surface area contributed by atoms with Crippen molar-refractivity contribution in [2.45, 2.75) is 33.6 Å². The average Bonchev–Trinajstić information content (AvgIpc) is 3.07. The van der Waals surface area contributed by atoms with Gasteiger partial charge in [0.25, 0.3) is 0 Å². The van der Waals surface area contributed by atoms with E-state index in [0.29, 0.717) is 18.7 Å². The van der Waals surface area contributed by atoms with Crippen molar-refractivity contribution in [2.24, 2.45) is 7.05 Å². The molecule has 0 atom stereocenters. The highest BCUT2D eigenvalue weighted by atomic mass is 16.1. The molecule has 3 rings (SSSR count). The second-order valence-corrected chi connectivity index (χ2v) is 6.26. The van der Waals surface area contributed by atoms with Crippen molar-refractivity contribution in [1.82, 2.24) is 20.0 Å². The highest BCUT2D eigenvalue weighted by Gasteiger charge is 2.15. The first-order chi connectivity index (χ1) is 12.0. The Hall–Kier alpha value is -2.89. The maximum Gasteiger partial charge on any atom is 0.225 e. The number of rotatable bonds is 5. The van der Waals surface area contributed by atoms with Crippen molar-refractivity contribution in [3.63, 3.8) is 0 Å². The summed E-state index contributed by atoms with van der Waals surface area (Å²) in [6.45, 7) is 5.96. The molecule has 0 spiro atoms. The molecule has 2 aromatic heterocycles. The maximum absolute atomic E-state index is 12.3. The van der Waals surface area contributed by atoms with E-state index >= 15 is 0 Å². The molecule has 0 saturated carbocycles. The first-order valence-electron chi connectivity index (χ1n) is 8.36. The second-order valence-electron chi connectivity index (χ2n) is 6.26. The molecule has 0 bridgehead atoms. The molecule has 2 N–H and O–H groups in total. The third-order valence-corrected chi connectivity index (χ3v) is 4.59. The van der Waals surface area contributed by atoms with Gasteiger partial charge in [0, 0.05) is 24.7 Å². The maximum atomic E-state index is 12.3. The minimum atomic E-state index is -0.0446. The molecule has 0 fully saturated rings. The zero-order chi connectivity index (χ0) is 18.0. The predicted molar refractivity (Wildman–Crippen MR) is 98.4 cm³/mol. The molecule has 0 aliphatic rings. The van der Waals surface area contributed by atoms with Gasteiger partial charge < -0.3 is 5.32 Å². The lowest BCUT2D eigenvalue weighted by atomic mass is 10.1. The van der Waals surface area contributed by atoms with Gasteiger partial charge in [-0.15, -0.1) is 0 Å². The van der Waals surface area contributed by atoms with Gasteiger partial charge in [-0.2, -0.15) is 10.2 Å². The summed E-state index contributed by atoms with van der Waals surface area (Å²) in [5.41, 5.74) is 6.14. The zero-order valence-electron chi connectivity index (χ0n) is 15.1. The molecule has 25 heavy (non-hydrogen) atoms. The van der Waals surface area contributed by atoms with Crippen LogP contribution in [0.15, 0.2) is 30.3 Å². The summed E-state index contributed by atoms with van der Waals surface area (Å²) in [5.74, 6) is 0.542. The minimum absolute atomic E-state index is 0.0446. The van der Waals surface area contributed by atoms with Gasteiger partial charge in [0.05, 0.1) is 11.4 Å². The molecule has 0 unspecified atom stereocenters. The van der Waals surface area contributed by atoms with E-state index < -0.39 is 0 Å². The van der Waals surface area contributed by atoms with Gasteiger partial charge in [-0.05, 0) is 38.3 Å². The van der Waals surface area contributed by atoms with E-state index in [9.17, 15) is 4.79 Å². The lowest BCUT2D eigenvalue weighted by molar-refractivity contribution is -0.116. The molecule has 6 nitrogen and oxygen atoms in total. The monoisotopic (exact) mass is 337 g/mol. The number of carbonyl (C=O) groups is 1. The number of aromatic nitrogens is 4. The van der Waals surface area contributed by atoms with Crippen LogP contribution in [0.3, 0.4) is 0 Å². The van der Waals surface area contributed by atoms with Gasteiger partial charge in [0.2, 0.25) is 5.91 Å². The Morgan fingerprint density at radius 3 is 2.56 bits per heavy atom. The molecule has 0 radical (unpaired) electrons. The number of aryl methyl sites for hydroxylation is 2. The summed E-state index contributed by atoms with van der Waals surface area (Å²) >= 11 is 0. The molecule has 0 saturated heterocycles. The summed E-state index contributed by atoms with van der Waals surface area (Å²) in [7, 11) is 1.92. The fourth-order valence-electron chi connectivity index (χ4n) is 3.02. The van der Waals surface area contributed by atoms with E-state index in [0.717, 1.165) is 33.8 Å². The quantitative estimate of drug-likeness (QED) is 0.750. The molecule has 6 heteroatoms. The highest BCUT2D eigenvalue weighted by Crippen LogP contribution is 2.25. The summed E-state index contributed by atoms with van der Waals surface area (Å²) in [6, 6.07) is 9.96. The Labute approximate surface area is 147 Å². The number of hydrogen-bond acceptors (Lipinski definition) is 3. The molecule has 0 aliphatic heterocycles. The van der Waals surface area contributed by atoms with Crippen molar-refractivity contribution in [3.8, 4) is 11.3 Å². The number of nitrogens with zero attached hydrogens (tertiary/aromatic N) is 3. The number of amides is 1. The molecular weight excluding hydrogens is 314 g/mol. The number of carbonyl (C=O) groups excluding carboxylic acids is 1. The van der Waals surface area contributed by atoms with Crippen molar-refractivity contribution >= 4 is 11.7 Å². The number of nitrogens with one attached hydrogen (secondary N) is 2. The van der Waals surface area contributed by atoms with Crippen LogP contribution in [0.25, 0.3) is 11.3 Å². The van der Waals surface area contributed by atoms with Gasteiger partial charge in [0.1, 0.15) is 0 Å². The van der Waals surface area contributed by atoms with Crippen LogP contribution >= 0.6 is 0 Å². The lowest BCUT2D eigenvalue weighted by Gasteiger charge is -2.05. The molecule has 3 aromatic rings. The van der Waals surface area contributed by atoms with Gasteiger partial charge in [-0.3, -0.25) is 14.6 Å². The molecule has 2 heterocycles. The Balaban J connectivity index is 1.67. The van der Waals surface area contributed by atoms with Crippen molar-refractivity contribution in [1.29, 1.82) is 0 Å². The van der Waals surface area contributed by atoms with Crippen LogP contribution in [-0.4, -0.2) is 25.9 Å². The fraction of sp³-hybridized carbons (Fsp3) is 0.316. The highest BCUT2D eigenvalue weighted by molar-refractivity contribution is 5.91. The van der Waals surface area contributed by atoms with E-state index in [1.54, 1.807) is 0 Å². The number of benzene rings is 1. The van der Waals surface area contributed by atoms with Gasteiger partial charge in [0.15, 0.2) is 5.82 Å². The largest absolute Gasteiger partial charge is 0.309 e. The van der Waals surface area contributed by atoms with Crippen LogP contribution in [-0.2, 0) is 18.3 Å². The molecule has 0 aliphatic carbocycles. The van der Waals surface area contributed by atoms with Gasteiger partial charge in [-0.25, -0.2) is 0 Å². The van der Waals surface area contributed by atoms with Crippen LogP contribution in [0.5, 0.6) is 0 Å². The van der Waals surface area contributed by atoms with Crippen LogP contribution in [0.2, 0.25) is 0 Å². The molecule has 1 aromatic carbocycles. The first kappa shape index (κ1) is 17.0. The van der Waals surface area contributed by atoms with E-state index in [2.05, 4.69) is 20.6 Å². The van der Waals surface area contributed by atoms with E-state index in [1.807, 2.05) is 62.8 Å². The van der Waals surface area contributed by atoms with Crippen LogP contribution < -0.4 is 5.32 Å². The zero-order valence-corrected chi connectivity index (χ0v) is 15.1. The van der Waals surface area contributed by atoms with Crippen molar-refractivity contribution < 1.29 is 4.79 Å². The lowest BCUT2D eigenvalue weighted by Crippen LogP contribution is -2.13. The first-order valence-corrected chi connectivity index (χ1v) is 8.36. The molecule has 130 valence electrons. The SMILES string of the molecule is Cc1nn(C)c(C)c1CCC(=O)Nc1n[nH]c(-c2ccccc2)c1C. The third-order valence-electron chi connectivity index (χ3n) is 4.59. The molecule has 1 amide bonds. The summed E-state index contributed by atoms with van der Waals surface area (Å²) in [4.78, 5) is 12.3. The van der Waals surface area contributed by atoms with E-state index in [1.165, 1.54) is 0 Å². The number of hydrogen-bond donors (Lipinski definition) is 2. The second kappa shape index (κ2) is 6.93. The van der Waals surface area contributed by atoms with Gasteiger partial charge >= 0.3 is 0 Å². The Morgan fingerprint density at radius 1 is 1.20 bits per heavy atom. The third kappa shape index (κ3) is 3.47. The molecular formula is C19H23N5O. The standard InChI is InChI=1S/C19H23N5O/c1-12-18(15-8-6-5-7-9-15)21-22-19(12)20-17(25)11-10-16-13(2)23-24(4)14(16)3/h5-9H,10-11H2,1-4H3,(H2,20,21,22,25). The topological polar surface area (TPSA) is 75.6 Å². The number of H-pyrrole nitrogens is 1. The fourth-order valence-corrected chi connectivity index (χ4v) is 3.02. The summed E-state index contributed by atoms with van der Waals surface area (Å²) in [6.07, 6.45) is 1.08. The normalized spacial score (nSPS) is 10.9. The smallest absolute Gasteiger partial charge is 0.225 e. The van der Waals surface area contributed by atoms with Crippen LogP contribution in [0.4, 0.5) is 5.82 Å². The Kier molecular flexibility index (Phi) is 4.70. The number of aromatic amines is 1. The summed E-state index contributed by atoms with van der Waals surface area (Å²) in [5, 5.41) is 14.6. The predicted octanol–water partition coefficient (Wildman–Crippen LogP) is 3.31. The van der Waals surface area contributed by atoms with E-state index in [4.69, 9.17) is 0 Å². The Morgan fingerprint density at radius 2 is 1.92 bits per heavy atom. The number of anilines is 1. The van der Waals surface area contributed by atoms with Gasteiger partial charge in [-0.1, -0.05) is 30.3 Å². The van der Waals surface area contributed by atoms with Crippen molar-refractivity contribution in [2.75, 3.05) is 5.32 Å². The minimum Gasteiger partial charge on any atom is -0.309 e. The van der Waals surface area contributed by atoms with Crippen LogP contribution in [0, 0.1) is 20.8 Å². The summed E-state index contributed by atoms with van der Waals surface area (Å²) < 4.78 is 1.85. The van der Waals surface area contributed by atoms with Crippen molar-refractivity contribution in [3.05, 3.63) is 52.8 Å².